The molecule has 6 aromatic rings. The summed E-state index contributed by atoms with van der Waals surface area (Å²) in [4.78, 5) is 40.7. The first-order chi connectivity index (χ1) is 19.4. The molecule has 3 N–H and O–H groups in total. The van der Waals surface area contributed by atoms with Crippen LogP contribution in [-0.4, -0.2) is 39.6 Å². The molecule has 0 aliphatic rings. The topological polar surface area (TPSA) is 138 Å². The van der Waals surface area contributed by atoms with Gasteiger partial charge in [0.1, 0.15) is 23.5 Å². The molecule has 4 heterocycles. The summed E-state index contributed by atoms with van der Waals surface area (Å²) in [5.41, 5.74) is 8.59. The third-order valence-electron chi connectivity index (χ3n) is 6.42. The van der Waals surface area contributed by atoms with Crippen molar-refractivity contribution in [1.82, 2.24) is 39.0 Å². The van der Waals surface area contributed by atoms with E-state index in [4.69, 9.17) is 10.7 Å². The van der Waals surface area contributed by atoms with Gasteiger partial charge in [-0.3, -0.25) is 23.2 Å². The lowest BCUT2D eigenvalue weighted by molar-refractivity contribution is 0.0939. The number of nitrogens with two attached hydrogens (primary N) is 1. The zero-order valence-electron chi connectivity index (χ0n) is 21.6. The lowest BCUT2D eigenvalue weighted by Crippen LogP contribution is -2.34. The highest BCUT2D eigenvalue weighted by Gasteiger charge is 2.24. The van der Waals surface area contributed by atoms with Crippen molar-refractivity contribution in [2.75, 3.05) is 5.73 Å². The standard InChI is InChI=1S/C29H23N9O2/c1-18(34-28(39)24-25(30)32-17-37-14-13-31-27(24)37)26-35-22-10-6-7-20(12-11-19-15-33-36(2)16-19)23(22)29(40)38(26)21-8-4-3-5-9-21/h3-10,13-18H,30H2,1-2H3,(H,34,39)/t18-/m0/s1. The van der Waals surface area contributed by atoms with Crippen LogP contribution >= 0.6 is 0 Å². The fourth-order valence-electron chi connectivity index (χ4n) is 4.55. The van der Waals surface area contributed by atoms with Crippen molar-refractivity contribution in [3.63, 3.8) is 0 Å². The number of aromatic nitrogens is 7. The molecule has 0 saturated heterocycles. The molecule has 40 heavy (non-hydrogen) atoms. The molecule has 1 atom stereocenters. The van der Waals surface area contributed by atoms with Crippen molar-refractivity contribution in [3.05, 3.63) is 113 Å². The number of aryl methyl sites for hydroxylation is 1. The quantitative estimate of drug-likeness (QED) is 0.335. The molecule has 4 aromatic heterocycles. The summed E-state index contributed by atoms with van der Waals surface area (Å²) < 4.78 is 4.77. The largest absolute Gasteiger partial charge is 0.383 e. The van der Waals surface area contributed by atoms with Crippen LogP contribution in [-0.2, 0) is 7.05 Å². The maximum atomic E-state index is 14.1. The molecule has 6 rings (SSSR count). The number of fused-ring (bicyclic) bond motifs is 2. The van der Waals surface area contributed by atoms with Crippen LogP contribution < -0.4 is 16.6 Å². The number of hydrogen-bond acceptors (Lipinski definition) is 7. The van der Waals surface area contributed by atoms with Gasteiger partial charge >= 0.3 is 0 Å². The third-order valence-corrected chi connectivity index (χ3v) is 6.42. The van der Waals surface area contributed by atoms with Crippen molar-refractivity contribution in [2.24, 2.45) is 7.05 Å². The van der Waals surface area contributed by atoms with Crippen LogP contribution in [0.1, 0.15) is 40.3 Å². The molecule has 196 valence electrons. The number of nitrogen functional groups attached to an aromatic ring is 1. The van der Waals surface area contributed by atoms with Gasteiger partial charge in [-0.1, -0.05) is 36.1 Å². The lowest BCUT2D eigenvalue weighted by Gasteiger charge is -2.20. The first-order valence-electron chi connectivity index (χ1n) is 12.4. The van der Waals surface area contributed by atoms with Crippen LogP contribution in [0.2, 0.25) is 0 Å². The number of hydrogen-bond donors (Lipinski definition) is 2. The minimum Gasteiger partial charge on any atom is -0.383 e. The maximum absolute atomic E-state index is 14.1. The van der Waals surface area contributed by atoms with E-state index in [2.05, 4.69) is 32.2 Å². The van der Waals surface area contributed by atoms with Gasteiger partial charge in [-0.05, 0) is 31.2 Å². The predicted molar refractivity (Wildman–Crippen MR) is 150 cm³/mol. The number of carbonyl (C=O) groups is 1. The van der Waals surface area contributed by atoms with Gasteiger partial charge in [0.2, 0.25) is 0 Å². The van der Waals surface area contributed by atoms with E-state index < -0.39 is 11.9 Å². The molecule has 2 aromatic carbocycles. The van der Waals surface area contributed by atoms with Crippen LogP contribution in [0.5, 0.6) is 0 Å². The fraction of sp³-hybridized carbons (Fsp3) is 0.103. The zero-order chi connectivity index (χ0) is 27.8. The Balaban J connectivity index is 1.48. The van der Waals surface area contributed by atoms with Crippen molar-refractivity contribution >= 4 is 28.3 Å². The highest BCUT2D eigenvalue weighted by molar-refractivity contribution is 6.04. The third kappa shape index (κ3) is 4.33. The van der Waals surface area contributed by atoms with E-state index in [9.17, 15) is 9.59 Å². The monoisotopic (exact) mass is 529 g/mol. The molecule has 11 heteroatoms. The normalized spacial score (nSPS) is 11.8. The second-order valence-corrected chi connectivity index (χ2v) is 9.16. The van der Waals surface area contributed by atoms with E-state index in [1.807, 2.05) is 37.4 Å². The molecule has 0 unspecified atom stereocenters. The number of para-hydroxylation sites is 1. The molecule has 0 saturated carbocycles. The summed E-state index contributed by atoms with van der Waals surface area (Å²) in [6.45, 7) is 1.76. The number of nitrogens with zero attached hydrogens (tertiary/aromatic N) is 7. The molecule has 0 bridgehead atoms. The molecule has 0 spiro atoms. The first kappa shape index (κ1) is 24.6. The van der Waals surface area contributed by atoms with Gasteiger partial charge in [-0.2, -0.15) is 5.10 Å². The average Bonchev–Trinajstić information content (AvgIpc) is 3.60. The van der Waals surface area contributed by atoms with Gasteiger partial charge in [0, 0.05) is 31.2 Å². The Hall–Kier alpha value is -5.76. The van der Waals surface area contributed by atoms with E-state index >= 15 is 0 Å². The van der Waals surface area contributed by atoms with Gasteiger partial charge in [0.25, 0.3) is 11.5 Å². The van der Waals surface area contributed by atoms with Crippen LogP contribution in [0.15, 0.2) is 84.4 Å². The van der Waals surface area contributed by atoms with Crippen molar-refractivity contribution < 1.29 is 4.79 Å². The highest BCUT2D eigenvalue weighted by atomic mass is 16.2. The number of anilines is 1. The molecule has 0 aliphatic heterocycles. The van der Waals surface area contributed by atoms with Gasteiger partial charge in [0.15, 0.2) is 5.65 Å². The van der Waals surface area contributed by atoms with Crippen molar-refractivity contribution in [3.8, 4) is 17.5 Å². The minimum atomic E-state index is -0.690. The van der Waals surface area contributed by atoms with E-state index in [-0.39, 0.29) is 16.9 Å². The van der Waals surface area contributed by atoms with Gasteiger partial charge in [-0.25, -0.2) is 15.0 Å². The highest BCUT2D eigenvalue weighted by Crippen LogP contribution is 2.22. The summed E-state index contributed by atoms with van der Waals surface area (Å²) in [5, 5.41) is 7.45. The van der Waals surface area contributed by atoms with E-state index in [1.54, 1.807) is 59.0 Å². The fourth-order valence-corrected chi connectivity index (χ4v) is 4.55. The van der Waals surface area contributed by atoms with Gasteiger partial charge in [0.05, 0.1) is 34.4 Å². The lowest BCUT2D eigenvalue weighted by atomic mass is 10.1. The Kier molecular flexibility index (Phi) is 6.05. The second-order valence-electron chi connectivity index (χ2n) is 9.16. The Bertz CT molecular complexity index is 2030. The Morgan fingerprint density at radius 2 is 1.90 bits per heavy atom. The predicted octanol–water partition coefficient (Wildman–Crippen LogP) is 2.63. The Morgan fingerprint density at radius 3 is 2.67 bits per heavy atom. The van der Waals surface area contributed by atoms with Crippen LogP contribution in [0, 0.1) is 11.8 Å². The van der Waals surface area contributed by atoms with E-state index in [0.717, 1.165) is 5.56 Å². The molecule has 0 radical (unpaired) electrons. The molecular formula is C29H23N9O2. The molecule has 1 amide bonds. The number of carbonyl (C=O) groups excluding carboxylic acids is 1. The smallest absolute Gasteiger partial charge is 0.267 e. The number of benzene rings is 2. The van der Waals surface area contributed by atoms with Crippen LogP contribution in [0.4, 0.5) is 5.82 Å². The van der Waals surface area contributed by atoms with Crippen molar-refractivity contribution in [2.45, 2.75) is 13.0 Å². The number of amides is 1. The number of imidazole rings is 1. The maximum Gasteiger partial charge on any atom is 0.267 e. The summed E-state index contributed by atoms with van der Waals surface area (Å²) in [7, 11) is 1.81. The number of nitrogens with one attached hydrogen (secondary N) is 1. The number of rotatable bonds is 4. The van der Waals surface area contributed by atoms with Crippen molar-refractivity contribution in [1.29, 1.82) is 0 Å². The Morgan fingerprint density at radius 1 is 1.07 bits per heavy atom. The van der Waals surface area contributed by atoms with Gasteiger partial charge < -0.3 is 11.1 Å². The summed E-state index contributed by atoms with van der Waals surface area (Å²) >= 11 is 0. The SMILES string of the molecule is C[C@H](NC(=O)c1c(N)ncn2ccnc12)c1nc2cccc(C#Cc3cnn(C)c3)c2c(=O)n1-c1ccccc1. The summed E-state index contributed by atoms with van der Waals surface area (Å²) in [5.74, 6) is 6.08. The molecule has 0 fully saturated rings. The van der Waals surface area contributed by atoms with E-state index in [1.165, 1.54) is 10.9 Å². The first-order valence-corrected chi connectivity index (χ1v) is 12.4. The van der Waals surface area contributed by atoms with E-state index in [0.29, 0.717) is 33.6 Å². The average molecular weight is 530 g/mol. The summed E-state index contributed by atoms with van der Waals surface area (Å²) in [6.07, 6.45) is 8.18. The Labute approximate surface area is 227 Å². The van der Waals surface area contributed by atoms with Crippen LogP contribution in [0.25, 0.3) is 22.2 Å². The molecule has 11 nitrogen and oxygen atoms in total. The summed E-state index contributed by atoms with van der Waals surface area (Å²) in [6, 6.07) is 13.8. The molecule has 0 aliphatic carbocycles. The van der Waals surface area contributed by atoms with Gasteiger partial charge in [-0.15, -0.1) is 0 Å². The van der Waals surface area contributed by atoms with Crippen LogP contribution in [0.3, 0.4) is 0 Å². The zero-order valence-corrected chi connectivity index (χ0v) is 21.6. The second kappa shape index (κ2) is 9.85. The minimum absolute atomic E-state index is 0.0483. The molecular weight excluding hydrogens is 506 g/mol.